The predicted octanol–water partition coefficient (Wildman–Crippen LogP) is 1.58. The van der Waals surface area contributed by atoms with Crippen LogP contribution in [0.4, 0.5) is 0 Å². The summed E-state index contributed by atoms with van der Waals surface area (Å²) in [5, 5.41) is 4.03. The summed E-state index contributed by atoms with van der Waals surface area (Å²) in [6.45, 7) is 6.25. The molecule has 1 saturated heterocycles. The van der Waals surface area contributed by atoms with Gasteiger partial charge < -0.3 is 0 Å². The van der Waals surface area contributed by atoms with Crippen molar-refractivity contribution in [3.05, 3.63) is 12.2 Å². The van der Waals surface area contributed by atoms with Crippen LogP contribution in [0.2, 0.25) is 0 Å². The number of aryl methyl sites for hydroxylation is 1. The third kappa shape index (κ3) is 2.86. The number of likely N-dealkylation sites (tertiary alicyclic amines) is 1. The Morgan fingerprint density at radius 2 is 2.05 bits per heavy atom. The molecule has 2 rings (SSSR count). The fourth-order valence-corrected chi connectivity index (χ4v) is 2.80. The number of hydrogen-bond donors (Lipinski definition) is 0. The second-order valence-electron chi connectivity index (χ2n) is 5.57. The molecule has 1 aliphatic heterocycles. The third-order valence-electron chi connectivity index (χ3n) is 4.47. The predicted molar refractivity (Wildman–Crippen MR) is 73.8 cm³/mol. The van der Waals surface area contributed by atoms with E-state index in [2.05, 4.69) is 28.8 Å². The van der Waals surface area contributed by atoms with Crippen LogP contribution in [0.5, 0.6) is 0 Å². The minimum atomic E-state index is -0.355. The Kier molecular flexibility index (Phi) is 4.34. The molecule has 5 nitrogen and oxygen atoms in total. The van der Waals surface area contributed by atoms with Gasteiger partial charge in [0.15, 0.2) is 5.78 Å². The maximum atomic E-state index is 12.7. The number of piperidine rings is 1. The van der Waals surface area contributed by atoms with E-state index in [1.165, 1.54) is 25.6 Å². The Hall–Kier alpha value is -1.23. The summed E-state index contributed by atoms with van der Waals surface area (Å²) in [7, 11) is 1.83. The van der Waals surface area contributed by atoms with Crippen LogP contribution >= 0.6 is 0 Å². The number of ketones is 1. The number of rotatable bonds is 5. The van der Waals surface area contributed by atoms with Gasteiger partial charge in [0.05, 0.1) is 12.0 Å². The highest BCUT2D eigenvalue weighted by atomic mass is 16.1. The molecule has 1 aliphatic rings. The molecule has 0 aromatic carbocycles. The summed E-state index contributed by atoms with van der Waals surface area (Å²) in [5.74, 6) is 1.01. The van der Waals surface area contributed by atoms with Gasteiger partial charge in [-0.05, 0) is 39.3 Å². The lowest BCUT2D eigenvalue weighted by molar-refractivity contribution is -0.130. The van der Waals surface area contributed by atoms with Crippen molar-refractivity contribution < 1.29 is 4.79 Å². The number of aromatic nitrogens is 3. The van der Waals surface area contributed by atoms with Gasteiger partial charge in [-0.2, -0.15) is 5.10 Å². The summed E-state index contributed by atoms with van der Waals surface area (Å²) in [6.07, 6.45) is 6.42. The Bertz CT molecular complexity index is 436. The van der Waals surface area contributed by atoms with Crippen LogP contribution < -0.4 is 0 Å². The normalized spacial score (nSPS) is 20.2. The highest BCUT2D eigenvalue weighted by molar-refractivity contribution is 5.89. The Labute approximate surface area is 115 Å². The SMILES string of the molecule is CCC(C)(C(=O)Cc1ncnn1C)N1CCCCC1. The van der Waals surface area contributed by atoms with E-state index in [0.29, 0.717) is 6.42 Å². The number of carbonyl (C=O) groups excluding carboxylic acids is 1. The number of carbonyl (C=O) groups is 1. The lowest BCUT2D eigenvalue weighted by atomic mass is 9.87. The minimum absolute atomic E-state index is 0.257. The van der Waals surface area contributed by atoms with E-state index >= 15 is 0 Å². The maximum absolute atomic E-state index is 12.7. The van der Waals surface area contributed by atoms with Crippen molar-refractivity contribution in [2.75, 3.05) is 13.1 Å². The van der Waals surface area contributed by atoms with Crippen molar-refractivity contribution in [3.63, 3.8) is 0 Å². The van der Waals surface area contributed by atoms with E-state index in [0.717, 1.165) is 25.3 Å². The van der Waals surface area contributed by atoms with Crippen molar-refractivity contribution >= 4 is 5.78 Å². The van der Waals surface area contributed by atoms with Crippen LogP contribution in [0, 0.1) is 0 Å². The van der Waals surface area contributed by atoms with Gasteiger partial charge in [-0.1, -0.05) is 13.3 Å². The minimum Gasteiger partial charge on any atom is -0.297 e. The van der Waals surface area contributed by atoms with E-state index in [1.807, 2.05) is 7.05 Å². The van der Waals surface area contributed by atoms with Gasteiger partial charge in [0.25, 0.3) is 0 Å². The molecule has 0 saturated carbocycles. The van der Waals surface area contributed by atoms with E-state index < -0.39 is 0 Å². The summed E-state index contributed by atoms with van der Waals surface area (Å²) >= 11 is 0. The lowest BCUT2D eigenvalue weighted by Crippen LogP contribution is -2.54. The monoisotopic (exact) mass is 264 g/mol. The summed E-state index contributed by atoms with van der Waals surface area (Å²) < 4.78 is 1.68. The first-order valence-corrected chi connectivity index (χ1v) is 7.19. The van der Waals surface area contributed by atoms with Crippen LogP contribution in [0.3, 0.4) is 0 Å². The summed E-state index contributed by atoms with van der Waals surface area (Å²) in [5.41, 5.74) is -0.355. The van der Waals surface area contributed by atoms with E-state index in [4.69, 9.17) is 0 Å². The molecule has 0 bridgehead atoms. The van der Waals surface area contributed by atoms with E-state index in [9.17, 15) is 4.79 Å². The molecule has 5 heteroatoms. The van der Waals surface area contributed by atoms with Crippen molar-refractivity contribution in [2.45, 2.75) is 51.5 Å². The second kappa shape index (κ2) is 5.82. The van der Waals surface area contributed by atoms with Gasteiger partial charge in [0.2, 0.25) is 0 Å². The molecule has 1 unspecified atom stereocenters. The first kappa shape index (κ1) is 14.2. The Morgan fingerprint density at radius 1 is 1.37 bits per heavy atom. The molecule has 0 radical (unpaired) electrons. The molecule has 1 aromatic heterocycles. The maximum Gasteiger partial charge on any atom is 0.160 e. The Balaban J connectivity index is 2.11. The van der Waals surface area contributed by atoms with E-state index in [-0.39, 0.29) is 11.3 Å². The zero-order valence-corrected chi connectivity index (χ0v) is 12.2. The van der Waals surface area contributed by atoms with Gasteiger partial charge in [-0.3, -0.25) is 14.4 Å². The van der Waals surface area contributed by atoms with Crippen LogP contribution in [0.15, 0.2) is 6.33 Å². The topological polar surface area (TPSA) is 51.0 Å². The quantitative estimate of drug-likeness (QED) is 0.810. The molecule has 106 valence electrons. The van der Waals surface area contributed by atoms with E-state index in [1.54, 1.807) is 4.68 Å². The van der Waals surface area contributed by atoms with Gasteiger partial charge in [-0.25, -0.2) is 4.98 Å². The van der Waals surface area contributed by atoms with Crippen LogP contribution in [0.1, 0.15) is 45.4 Å². The molecule has 0 N–H and O–H groups in total. The summed E-state index contributed by atoms with van der Waals surface area (Å²) in [4.78, 5) is 19.2. The fraction of sp³-hybridized carbons (Fsp3) is 0.786. The first-order valence-electron chi connectivity index (χ1n) is 7.19. The smallest absolute Gasteiger partial charge is 0.160 e. The molecule has 1 fully saturated rings. The average Bonchev–Trinajstić information content (AvgIpc) is 2.84. The molecule has 19 heavy (non-hydrogen) atoms. The third-order valence-corrected chi connectivity index (χ3v) is 4.47. The van der Waals surface area contributed by atoms with Crippen molar-refractivity contribution in [1.29, 1.82) is 0 Å². The standard InChI is InChI=1S/C14H24N4O/c1-4-14(2,18-8-6-5-7-9-18)12(19)10-13-15-11-16-17(13)3/h11H,4-10H2,1-3H3. The van der Waals surface area contributed by atoms with Gasteiger partial charge in [-0.15, -0.1) is 0 Å². The molecule has 2 heterocycles. The zero-order chi connectivity index (χ0) is 13.9. The highest BCUT2D eigenvalue weighted by Crippen LogP contribution is 2.26. The number of Topliss-reactive ketones (excluding diaryl/α,β-unsaturated/α-hetero) is 1. The second-order valence-corrected chi connectivity index (χ2v) is 5.57. The molecular formula is C14H24N4O. The van der Waals surface area contributed by atoms with Gasteiger partial charge >= 0.3 is 0 Å². The number of hydrogen-bond acceptors (Lipinski definition) is 4. The van der Waals surface area contributed by atoms with Crippen molar-refractivity contribution in [3.8, 4) is 0 Å². The zero-order valence-electron chi connectivity index (χ0n) is 12.2. The van der Waals surface area contributed by atoms with Crippen LogP contribution in [0.25, 0.3) is 0 Å². The molecular weight excluding hydrogens is 240 g/mol. The van der Waals surface area contributed by atoms with Gasteiger partial charge in [0, 0.05) is 7.05 Å². The Morgan fingerprint density at radius 3 is 2.58 bits per heavy atom. The van der Waals surface area contributed by atoms with Crippen molar-refractivity contribution in [2.24, 2.45) is 7.05 Å². The lowest BCUT2D eigenvalue weighted by Gasteiger charge is -2.41. The molecule has 0 amide bonds. The summed E-state index contributed by atoms with van der Waals surface area (Å²) in [6, 6.07) is 0. The number of nitrogens with zero attached hydrogens (tertiary/aromatic N) is 4. The van der Waals surface area contributed by atoms with Crippen molar-refractivity contribution in [1.82, 2.24) is 19.7 Å². The van der Waals surface area contributed by atoms with Crippen LogP contribution in [-0.4, -0.2) is 44.1 Å². The largest absolute Gasteiger partial charge is 0.297 e. The average molecular weight is 264 g/mol. The molecule has 1 aromatic rings. The molecule has 0 spiro atoms. The first-order chi connectivity index (χ1) is 9.08. The van der Waals surface area contributed by atoms with Crippen LogP contribution in [-0.2, 0) is 18.3 Å². The molecule has 0 aliphatic carbocycles. The van der Waals surface area contributed by atoms with Gasteiger partial charge in [0.1, 0.15) is 12.2 Å². The fourth-order valence-electron chi connectivity index (χ4n) is 2.80. The highest BCUT2D eigenvalue weighted by Gasteiger charge is 2.38. The molecule has 1 atom stereocenters.